The van der Waals surface area contributed by atoms with E-state index < -0.39 is 6.10 Å². The fraction of sp³-hybridized carbons (Fsp3) is 0.200. The minimum absolute atomic E-state index is 0.177. The Labute approximate surface area is 130 Å². The standard InChI is InChI=1S/C15H14N2O4S/c18-12(10-4-7-22-9-10)3-5-16-15(19)11-8-14(21-17-11)13-2-1-6-20-13/h1-2,4,6-9,12,18H,3,5H2,(H,16,19). The minimum Gasteiger partial charge on any atom is -0.461 e. The third-order valence-corrected chi connectivity index (χ3v) is 3.84. The van der Waals surface area contributed by atoms with Gasteiger partial charge in [0.2, 0.25) is 5.76 Å². The molecule has 22 heavy (non-hydrogen) atoms. The Bertz CT molecular complexity index is 719. The molecule has 1 atom stereocenters. The summed E-state index contributed by atoms with van der Waals surface area (Å²) in [4.78, 5) is 12.0. The third-order valence-electron chi connectivity index (χ3n) is 3.14. The molecule has 114 valence electrons. The molecule has 0 radical (unpaired) electrons. The molecular weight excluding hydrogens is 304 g/mol. The summed E-state index contributed by atoms with van der Waals surface area (Å²) in [6.07, 6.45) is 1.37. The van der Waals surface area contributed by atoms with Gasteiger partial charge >= 0.3 is 0 Å². The highest BCUT2D eigenvalue weighted by molar-refractivity contribution is 7.07. The predicted octanol–water partition coefficient (Wildman–Crippen LogP) is 2.85. The van der Waals surface area contributed by atoms with Gasteiger partial charge in [0.25, 0.3) is 5.91 Å². The first-order valence-electron chi connectivity index (χ1n) is 6.73. The molecule has 3 aromatic heterocycles. The van der Waals surface area contributed by atoms with Gasteiger partial charge in [-0.2, -0.15) is 11.3 Å². The average molecular weight is 318 g/mol. The Kier molecular flexibility index (Phi) is 4.36. The van der Waals surface area contributed by atoms with Gasteiger partial charge < -0.3 is 19.4 Å². The number of aromatic nitrogens is 1. The molecule has 0 aromatic carbocycles. The first-order valence-corrected chi connectivity index (χ1v) is 7.67. The second kappa shape index (κ2) is 6.59. The van der Waals surface area contributed by atoms with Crippen molar-refractivity contribution in [1.29, 1.82) is 0 Å². The molecule has 0 aliphatic heterocycles. The van der Waals surface area contributed by atoms with Crippen LogP contribution in [0.1, 0.15) is 28.6 Å². The monoisotopic (exact) mass is 318 g/mol. The molecule has 3 aromatic rings. The van der Waals surface area contributed by atoms with Crippen LogP contribution in [0.3, 0.4) is 0 Å². The zero-order chi connectivity index (χ0) is 15.4. The summed E-state index contributed by atoms with van der Waals surface area (Å²) < 4.78 is 10.2. The van der Waals surface area contributed by atoms with Crippen LogP contribution in [0.2, 0.25) is 0 Å². The van der Waals surface area contributed by atoms with E-state index in [-0.39, 0.29) is 11.6 Å². The van der Waals surface area contributed by atoms with Gasteiger partial charge in [0.15, 0.2) is 11.5 Å². The molecule has 3 rings (SSSR count). The Morgan fingerprint density at radius 2 is 2.32 bits per heavy atom. The Balaban J connectivity index is 1.52. The van der Waals surface area contributed by atoms with Crippen molar-refractivity contribution >= 4 is 17.2 Å². The van der Waals surface area contributed by atoms with Crippen molar-refractivity contribution in [3.63, 3.8) is 0 Å². The Morgan fingerprint density at radius 3 is 3.05 bits per heavy atom. The SMILES string of the molecule is O=C(NCCC(O)c1ccsc1)c1cc(-c2ccco2)on1. The maximum atomic E-state index is 12.0. The Hall–Kier alpha value is -2.38. The zero-order valence-electron chi connectivity index (χ0n) is 11.6. The van der Waals surface area contributed by atoms with Crippen molar-refractivity contribution in [3.05, 3.63) is 52.5 Å². The van der Waals surface area contributed by atoms with Crippen LogP contribution in [0.4, 0.5) is 0 Å². The number of hydrogen-bond acceptors (Lipinski definition) is 6. The molecule has 0 fully saturated rings. The molecule has 6 nitrogen and oxygen atoms in total. The van der Waals surface area contributed by atoms with Gasteiger partial charge in [0.05, 0.1) is 12.4 Å². The summed E-state index contributed by atoms with van der Waals surface area (Å²) in [6.45, 7) is 0.346. The maximum Gasteiger partial charge on any atom is 0.273 e. The van der Waals surface area contributed by atoms with Crippen molar-refractivity contribution in [1.82, 2.24) is 10.5 Å². The fourth-order valence-electron chi connectivity index (χ4n) is 1.96. The molecule has 0 spiro atoms. The topological polar surface area (TPSA) is 88.5 Å². The van der Waals surface area contributed by atoms with Gasteiger partial charge in [0, 0.05) is 12.6 Å². The molecule has 1 unspecified atom stereocenters. The molecular formula is C15H14N2O4S. The highest BCUT2D eigenvalue weighted by Gasteiger charge is 2.15. The molecule has 0 aliphatic rings. The van der Waals surface area contributed by atoms with E-state index in [0.717, 1.165) is 5.56 Å². The number of carbonyl (C=O) groups is 1. The van der Waals surface area contributed by atoms with E-state index in [1.807, 2.05) is 16.8 Å². The summed E-state index contributed by atoms with van der Waals surface area (Å²) >= 11 is 1.53. The largest absolute Gasteiger partial charge is 0.461 e. The first kappa shape index (κ1) is 14.6. The van der Waals surface area contributed by atoms with Crippen LogP contribution in [0.5, 0.6) is 0 Å². The second-order valence-electron chi connectivity index (χ2n) is 4.67. The number of carbonyl (C=O) groups excluding carboxylic acids is 1. The van der Waals surface area contributed by atoms with Gasteiger partial charge in [-0.25, -0.2) is 0 Å². The van der Waals surface area contributed by atoms with E-state index in [0.29, 0.717) is 24.5 Å². The number of amides is 1. The van der Waals surface area contributed by atoms with Crippen molar-refractivity contribution in [2.75, 3.05) is 6.54 Å². The smallest absolute Gasteiger partial charge is 0.273 e. The third kappa shape index (κ3) is 3.26. The van der Waals surface area contributed by atoms with Crippen LogP contribution in [-0.2, 0) is 0 Å². The van der Waals surface area contributed by atoms with E-state index in [2.05, 4.69) is 10.5 Å². The summed E-state index contributed by atoms with van der Waals surface area (Å²) in [5.74, 6) is 0.562. The zero-order valence-corrected chi connectivity index (χ0v) is 12.4. The summed E-state index contributed by atoms with van der Waals surface area (Å²) in [5, 5.41) is 20.1. The molecule has 0 bridgehead atoms. The summed E-state index contributed by atoms with van der Waals surface area (Å²) in [7, 11) is 0. The van der Waals surface area contributed by atoms with Gasteiger partial charge in [0.1, 0.15) is 0 Å². The summed E-state index contributed by atoms with van der Waals surface area (Å²) in [5.41, 5.74) is 1.04. The molecule has 0 saturated heterocycles. The lowest BCUT2D eigenvalue weighted by molar-refractivity contribution is 0.0934. The van der Waals surface area contributed by atoms with Crippen molar-refractivity contribution < 1.29 is 18.8 Å². The van der Waals surface area contributed by atoms with Crippen LogP contribution in [0.25, 0.3) is 11.5 Å². The van der Waals surface area contributed by atoms with Crippen LogP contribution in [0, 0.1) is 0 Å². The van der Waals surface area contributed by atoms with E-state index >= 15 is 0 Å². The van der Waals surface area contributed by atoms with Gasteiger partial charge in [-0.05, 0) is 40.9 Å². The van der Waals surface area contributed by atoms with E-state index in [4.69, 9.17) is 8.94 Å². The number of aliphatic hydroxyl groups excluding tert-OH is 1. The molecule has 2 N–H and O–H groups in total. The van der Waals surface area contributed by atoms with Gasteiger partial charge in [-0.1, -0.05) is 5.16 Å². The number of rotatable bonds is 6. The normalized spacial score (nSPS) is 12.2. The van der Waals surface area contributed by atoms with Crippen LogP contribution >= 0.6 is 11.3 Å². The molecule has 3 heterocycles. The molecule has 1 amide bonds. The predicted molar refractivity (Wildman–Crippen MR) is 80.4 cm³/mol. The van der Waals surface area contributed by atoms with Crippen LogP contribution in [0.15, 0.2) is 50.2 Å². The maximum absolute atomic E-state index is 12.0. The summed E-state index contributed by atoms with van der Waals surface area (Å²) in [6, 6.07) is 6.83. The minimum atomic E-state index is -0.581. The van der Waals surface area contributed by atoms with Crippen LogP contribution < -0.4 is 5.32 Å². The number of furan rings is 1. The first-order chi connectivity index (χ1) is 10.7. The second-order valence-corrected chi connectivity index (χ2v) is 5.45. The van der Waals surface area contributed by atoms with E-state index in [1.165, 1.54) is 23.7 Å². The lowest BCUT2D eigenvalue weighted by Crippen LogP contribution is -2.25. The number of hydrogen-bond donors (Lipinski definition) is 2. The van der Waals surface area contributed by atoms with Gasteiger partial charge in [-0.3, -0.25) is 4.79 Å². The number of thiophene rings is 1. The molecule has 0 aliphatic carbocycles. The van der Waals surface area contributed by atoms with Crippen molar-refractivity contribution in [3.8, 4) is 11.5 Å². The quantitative estimate of drug-likeness (QED) is 0.729. The Morgan fingerprint density at radius 1 is 1.41 bits per heavy atom. The molecule has 7 heteroatoms. The fourth-order valence-corrected chi connectivity index (χ4v) is 2.67. The van der Waals surface area contributed by atoms with Gasteiger partial charge in [-0.15, -0.1) is 0 Å². The van der Waals surface area contributed by atoms with Crippen molar-refractivity contribution in [2.24, 2.45) is 0 Å². The lowest BCUT2D eigenvalue weighted by atomic mass is 10.1. The van der Waals surface area contributed by atoms with Crippen LogP contribution in [-0.4, -0.2) is 22.7 Å². The van der Waals surface area contributed by atoms with Crippen molar-refractivity contribution in [2.45, 2.75) is 12.5 Å². The number of nitrogens with one attached hydrogen (secondary N) is 1. The lowest BCUT2D eigenvalue weighted by Gasteiger charge is -2.08. The average Bonchev–Trinajstić information content (AvgIpc) is 3.26. The van der Waals surface area contributed by atoms with E-state index in [1.54, 1.807) is 12.1 Å². The highest BCUT2D eigenvalue weighted by Crippen LogP contribution is 2.21. The highest BCUT2D eigenvalue weighted by atomic mass is 32.1. The van der Waals surface area contributed by atoms with E-state index in [9.17, 15) is 9.90 Å². The molecule has 0 saturated carbocycles. The number of aliphatic hydroxyl groups is 1. The number of nitrogens with zero attached hydrogens (tertiary/aromatic N) is 1.